The lowest BCUT2D eigenvalue weighted by atomic mass is 10.0. The van der Waals surface area contributed by atoms with Crippen molar-refractivity contribution in [1.29, 1.82) is 0 Å². The number of hydrogen-bond donors (Lipinski definition) is 1. The van der Waals surface area contributed by atoms with Crippen LogP contribution in [-0.2, 0) is 19.6 Å². The first-order chi connectivity index (χ1) is 15.7. The van der Waals surface area contributed by atoms with Crippen LogP contribution in [0.5, 0.6) is 0 Å². The molecule has 0 unspecified atom stereocenters. The molecule has 0 radical (unpaired) electrons. The van der Waals surface area contributed by atoms with E-state index in [0.29, 0.717) is 18.8 Å². The number of rotatable bonds is 9. The molecule has 2 aromatic carbocycles. The summed E-state index contributed by atoms with van der Waals surface area (Å²) in [7, 11) is 2.07. The van der Waals surface area contributed by atoms with Crippen molar-refractivity contribution in [3.05, 3.63) is 102 Å². The average molecular weight is 427 g/mol. The van der Waals surface area contributed by atoms with E-state index in [1.165, 1.54) is 16.7 Å². The zero-order valence-electron chi connectivity index (χ0n) is 18.1. The standard InChI is InChI=1S/C25H26N6O/c1-30(18-21-7-9-23(10-8-21)22-5-3-2-4-6-22)15-16-31-19-24(28-29-31)25(32)27-17-20-11-13-26-14-12-20/h2-14,19H,15-18H2,1H3,(H,27,32). The van der Waals surface area contributed by atoms with E-state index in [0.717, 1.165) is 18.7 Å². The van der Waals surface area contributed by atoms with Crippen LogP contribution in [0.15, 0.2) is 85.3 Å². The number of carbonyl (C=O) groups is 1. The summed E-state index contributed by atoms with van der Waals surface area (Å²) in [5, 5.41) is 10.9. The smallest absolute Gasteiger partial charge is 0.273 e. The maximum Gasteiger partial charge on any atom is 0.273 e. The Balaban J connectivity index is 1.24. The van der Waals surface area contributed by atoms with Gasteiger partial charge in [0, 0.05) is 32.0 Å². The molecule has 0 spiro atoms. The van der Waals surface area contributed by atoms with E-state index in [9.17, 15) is 4.79 Å². The van der Waals surface area contributed by atoms with Gasteiger partial charge < -0.3 is 10.2 Å². The third-order valence-electron chi connectivity index (χ3n) is 5.20. The fraction of sp³-hybridized carbons (Fsp3) is 0.200. The van der Waals surface area contributed by atoms with Crippen LogP contribution in [0.1, 0.15) is 21.6 Å². The molecule has 0 aliphatic carbocycles. The number of nitrogens with zero attached hydrogens (tertiary/aromatic N) is 5. The Morgan fingerprint density at radius 1 is 0.938 bits per heavy atom. The third kappa shape index (κ3) is 5.86. The van der Waals surface area contributed by atoms with Crippen LogP contribution in [0.4, 0.5) is 0 Å². The Bertz CT molecular complexity index is 1130. The van der Waals surface area contributed by atoms with Crippen molar-refractivity contribution >= 4 is 5.91 Å². The summed E-state index contributed by atoms with van der Waals surface area (Å²) in [4.78, 5) is 18.5. The third-order valence-corrected chi connectivity index (χ3v) is 5.20. The van der Waals surface area contributed by atoms with Gasteiger partial charge in [-0.25, -0.2) is 0 Å². The van der Waals surface area contributed by atoms with E-state index in [1.807, 2.05) is 18.2 Å². The number of nitrogens with one attached hydrogen (secondary N) is 1. The van der Waals surface area contributed by atoms with Crippen LogP contribution in [-0.4, -0.2) is 44.4 Å². The maximum absolute atomic E-state index is 12.3. The van der Waals surface area contributed by atoms with Crippen LogP contribution in [0, 0.1) is 0 Å². The summed E-state index contributed by atoms with van der Waals surface area (Å²) in [5.41, 5.74) is 4.99. The topological polar surface area (TPSA) is 75.9 Å². The molecule has 7 nitrogen and oxygen atoms in total. The molecule has 32 heavy (non-hydrogen) atoms. The minimum absolute atomic E-state index is 0.236. The summed E-state index contributed by atoms with van der Waals surface area (Å²) < 4.78 is 1.70. The first-order valence-electron chi connectivity index (χ1n) is 10.6. The van der Waals surface area contributed by atoms with Crippen LogP contribution in [0.25, 0.3) is 11.1 Å². The zero-order valence-corrected chi connectivity index (χ0v) is 18.1. The monoisotopic (exact) mass is 426 g/mol. The van der Waals surface area contributed by atoms with Gasteiger partial charge in [-0.2, -0.15) is 0 Å². The summed E-state index contributed by atoms with van der Waals surface area (Å²) in [6.45, 7) is 2.72. The molecule has 0 fully saturated rings. The fourth-order valence-electron chi connectivity index (χ4n) is 3.38. The lowest BCUT2D eigenvalue weighted by Gasteiger charge is -2.16. The van der Waals surface area contributed by atoms with Crippen molar-refractivity contribution in [1.82, 2.24) is 30.2 Å². The summed E-state index contributed by atoms with van der Waals surface area (Å²) in [6, 6.07) is 22.7. The first-order valence-corrected chi connectivity index (χ1v) is 10.6. The van der Waals surface area contributed by atoms with E-state index in [1.54, 1.807) is 23.3 Å². The molecule has 1 N–H and O–H groups in total. The molecule has 7 heteroatoms. The van der Waals surface area contributed by atoms with Crippen molar-refractivity contribution in [2.75, 3.05) is 13.6 Å². The normalized spacial score (nSPS) is 10.9. The first kappa shape index (κ1) is 21.4. The van der Waals surface area contributed by atoms with Crippen molar-refractivity contribution in [2.45, 2.75) is 19.6 Å². The van der Waals surface area contributed by atoms with Gasteiger partial charge in [-0.3, -0.25) is 14.5 Å². The van der Waals surface area contributed by atoms with Gasteiger partial charge in [-0.15, -0.1) is 5.10 Å². The highest BCUT2D eigenvalue weighted by Gasteiger charge is 2.11. The molecule has 2 heterocycles. The number of amides is 1. The lowest BCUT2D eigenvalue weighted by Crippen LogP contribution is -2.23. The Morgan fingerprint density at radius 3 is 2.41 bits per heavy atom. The molecule has 0 aliphatic rings. The molecule has 0 saturated heterocycles. The summed E-state index contributed by atoms with van der Waals surface area (Å²) in [6.07, 6.45) is 5.09. The summed E-state index contributed by atoms with van der Waals surface area (Å²) in [5.74, 6) is -0.236. The fourth-order valence-corrected chi connectivity index (χ4v) is 3.38. The van der Waals surface area contributed by atoms with Crippen LogP contribution >= 0.6 is 0 Å². The van der Waals surface area contributed by atoms with Gasteiger partial charge in [0.15, 0.2) is 5.69 Å². The van der Waals surface area contributed by atoms with Crippen LogP contribution in [0.3, 0.4) is 0 Å². The minimum Gasteiger partial charge on any atom is -0.347 e. The second-order valence-electron chi connectivity index (χ2n) is 7.71. The number of hydrogen-bond acceptors (Lipinski definition) is 5. The van der Waals surface area contributed by atoms with E-state index in [2.05, 4.69) is 81.1 Å². The number of aromatic nitrogens is 4. The number of likely N-dealkylation sites (N-methyl/N-ethyl adjacent to an activating group) is 1. The Kier molecular flexibility index (Phi) is 6.99. The molecule has 1 amide bonds. The average Bonchev–Trinajstić information content (AvgIpc) is 3.32. The molecular weight excluding hydrogens is 400 g/mol. The molecule has 0 aliphatic heterocycles. The van der Waals surface area contributed by atoms with Crippen LogP contribution < -0.4 is 5.32 Å². The van der Waals surface area contributed by atoms with E-state index >= 15 is 0 Å². The largest absolute Gasteiger partial charge is 0.347 e. The molecule has 162 valence electrons. The van der Waals surface area contributed by atoms with Gasteiger partial charge in [0.2, 0.25) is 0 Å². The minimum atomic E-state index is -0.236. The molecule has 4 rings (SSSR count). The predicted molar refractivity (Wildman–Crippen MR) is 124 cm³/mol. The quantitative estimate of drug-likeness (QED) is 0.444. The highest BCUT2D eigenvalue weighted by molar-refractivity contribution is 5.91. The molecule has 2 aromatic heterocycles. The summed E-state index contributed by atoms with van der Waals surface area (Å²) >= 11 is 0. The number of carbonyl (C=O) groups excluding carboxylic acids is 1. The highest BCUT2D eigenvalue weighted by atomic mass is 16.2. The lowest BCUT2D eigenvalue weighted by molar-refractivity contribution is 0.0946. The van der Waals surface area contributed by atoms with Gasteiger partial charge in [0.05, 0.1) is 12.7 Å². The van der Waals surface area contributed by atoms with E-state index < -0.39 is 0 Å². The second-order valence-corrected chi connectivity index (χ2v) is 7.71. The molecule has 0 saturated carbocycles. The van der Waals surface area contributed by atoms with Gasteiger partial charge >= 0.3 is 0 Å². The Labute approximate surface area is 187 Å². The van der Waals surface area contributed by atoms with Crippen LogP contribution in [0.2, 0.25) is 0 Å². The van der Waals surface area contributed by atoms with Crippen molar-refractivity contribution < 1.29 is 4.79 Å². The molecule has 0 atom stereocenters. The van der Waals surface area contributed by atoms with Crippen molar-refractivity contribution in [3.8, 4) is 11.1 Å². The molecule has 0 bridgehead atoms. The maximum atomic E-state index is 12.3. The van der Waals surface area contributed by atoms with E-state index in [4.69, 9.17) is 0 Å². The van der Waals surface area contributed by atoms with Crippen molar-refractivity contribution in [3.63, 3.8) is 0 Å². The highest BCUT2D eigenvalue weighted by Crippen LogP contribution is 2.19. The second kappa shape index (κ2) is 10.5. The van der Waals surface area contributed by atoms with Gasteiger partial charge in [-0.05, 0) is 41.4 Å². The number of pyridine rings is 1. The Hall–Kier alpha value is -3.84. The van der Waals surface area contributed by atoms with Gasteiger partial charge in [-0.1, -0.05) is 59.8 Å². The zero-order chi connectivity index (χ0) is 22.2. The van der Waals surface area contributed by atoms with E-state index in [-0.39, 0.29) is 5.91 Å². The molecular formula is C25H26N6O. The predicted octanol–water partition coefficient (Wildman–Crippen LogP) is 3.40. The van der Waals surface area contributed by atoms with Gasteiger partial charge in [0.1, 0.15) is 0 Å². The van der Waals surface area contributed by atoms with Gasteiger partial charge in [0.25, 0.3) is 5.91 Å². The SMILES string of the molecule is CN(CCn1cc(C(=O)NCc2ccncc2)nn1)Cc1ccc(-c2ccccc2)cc1. The Morgan fingerprint density at radius 2 is 1.66 bits per heavy atom. The molecule has 4 aromatic rings. The van der Waals surface area contributed by atoms with Crippen molar-refractivity contribution in [2.24, 2.45) is 0 Å². The number of benzene rings is 2.